The third-order valence-electron chi connectivity index (χ3n) is 6.82. The predicted molar refractivity (Wildman–Crippen MR) is 163 cm³/mol. The van der Waals surface area contributed by atoms with Crippen molar-refractivity contribution in [3.8, 4) is 0 Å². The number of hydrogen-bond donors (Lipinski definition) is 5. The number of hydrogen-bond acceptors (Lipinski definition) is 7. The zero-order valence-electron chi connectivity index (χ0n) is 25.0. The third kappa shape index (κ3) is 10.5. The Kier molecular flexibility index (Phi) is 12.1. The van der Waals surface area contributed by atoms with Crippen LogP contribution in [0.3, 0.4) is 0 Å². The molecule has 1 heterocycles. The normalized spacial score (nSPS) is 18.4. The molecule has 238 valence electrons. The maximum absolute atomic E-state index is 13.7. The number of aliphatic hydroxyl groups is 1. The number of primary amides is 1. The molecule has 1 aliphatic rings. The molecule has 12 nitrogen and oxygen atoms in total. The highest BCUT2D eigenvalue weighted by molar-refractivity contribution is 6.21. The molecule has 2 aromatic carbocycles. The van der Waals surface area contributed by atoms with Gasteiger partial charge in [-0.05, 0) is 44.7 Å². The number of amides is 5. The maximum atomic E-state index is 13.7. The van der Waals surface area contributed by atoms with Crippen molar-refractivity contribution in [1.29, 1.82) is 0 Å². The van der Waals surface area contributed by atoms with E-state index in [4.69, 9.17) is 22.1 Å². The number of likely N-dealkylation sites (tertiary alicyclic amines) is 1. The van der Waals surface area contributed by atoms with Gasteiger partial charge in [0.05, 0.1) is 17.8 Å². The number of alkyl halides is 1. The fourth-order valence-electron chi connectivity index (χ4n) is 4.78. The van der Waals surface area contributed by atoms with Gasteiger partial charge in [-0.2, -0.15) is 0 Å². The second-order valence-electron chi connectivity index (χ2n) is 11.8. The molecule has 1 aliphatic heterocycles. The highest BCUT2D eigenvalue weighted by Crippen LogP contribution is 2.25. The zero-order valence-corrected chi connectivity index (χ0v) is 25.8. The molecule has 0 radical (unpaired) electrons. The summed E-state index contributed by atoms with van der Waals surface area (Å²) in [6.45, 7) is 5.35. The van der Waals surface area contributed by atoms with Crippen LogP contribution < -0.4 is 21.7 Å². The van der Waals surface area contributed by atoms with Gasteiger partial charge in [-0.25, -0.2) is 4.79 Å². The van der Waals surface area contributed by atoms with Gasteiger partial charge in [0.15, 0.2) is 6.10 Å². The average Bonchev–Trinajstić information content (AvgIpc) is 3.36. The average molecular weight is 630 g/mol. The number of nitrogens with one attached hydrogen (secondary N) is 3. The van der Waals surface area contributed by atoms with Crippen LogP contribution in [0, 0.1) is 0 Å². The molecule has 1 unspecified atom stereocenters. The van der Waals surface area contributed by atoms with Crippen LogP contribution in [0.25, 0.3) is 0 Å². The molecule has 3 rings (SSSR count). The Bertz CT molecular complexity index is 1310. The summed E-state index contributed by atoms with van der Waals surface area (Å²) in [7, 11) is 0. The number of ether oxygens (including phenoxy) is 1. The maximum Gasteiger partial charge on any atom is 0.408 e. The minimum Gasteiger partial charge on any atom is -0.445 e. The first-order valence-corrected chi connectivity index (χ1v) is 14.7. The molecule has 2 aromatic rings. The van der Waals surface area contributed by atoms with Crippen molar-refractivity contribution in [1.82, 2.24) is 20.9 Å². The van der Waals surface area contributed by atoms with Gasteiger partial charge in [0.25, 0.3) is 5.91 Å². The molecule has 5 amide bonds. The lowest BCUT2D eigenvalue weighted by atomic mass is 9.99. The fourth-order valence-corrected chi connectivity index (χ4v) is 5.10. The summed E-state index contributed by atoms with van der Waals surface area (Å²) in [4.78, 5) is 65.6. The standard InChI is InChI=1S/C31H40ClN5O7/c1-31(2,3)36-28(41)24-15-21(32)17-37(24)29(42)26(39)22(14-19-10-6-4-7-11-19)34-27(40)23(16-25(33)38)35-30(43)44-18-20-12-8-5-9-13-20/h4-13,21-24,26,39H,14-18H2,1-3H3,(H2,33,38)(H,34,40)(H,35,43)(H,36,41)/t21?,22-,23-,24-,26-/m0/s1. The molecule has 0 spiro atoms. The number of nitrogens with zero attached hydrogens (tertiary/aromatic N) is 1. The van der Waals surface area contributed by atoms with E-state index in [9.17, 15) is 29.1 Å². The first-order valence-electron chi connectivity index (χ1n) is 14.3. The van der Waals surface area contributed by atoms with Gasteiger partial charge in [-0.3, -0.25) is 19.2 Å². The van der Waals surface area contributed by atoms with E-state index >= 15 is 0 Å². The summed E-state index contributed by atoms with van der Waals surface area (Å²) in [5.74, 6) is -2.95. The van der Waals surface area contributed by atoms with Crippen LogP contribution >= 0.6 is 11.6 Å². The van der Waals surface area contributed by atoms with Crippen molar-refractivity contribution in [2.24, 2.45) is 5.73 Å². The van der Waals surface area contributed by atoms with Crippen LogP contribution in [-0.2, 0) is 36.9 Å². The number of halogens is 1. The molecular weight excluding hydrogens is 590 g/mol. The number of carbonyl (C=O) groups is 5. The Morgan fingerprint density at radius 1 is 1.00 bits per heavy atom. The molecule has 13 heteroatoms. The largest absolute Gasteiger partial charge is 0.445 e. The minimum absolute atomic E-state index is 0.0121. The molecule has 0 aliphatic carbocycles. The summed E-state index contributed by atoms with van der Waals surface area (Å²) in [5.41, 5.74) is 6.17. The van der Waals surface area contributed by atoms with E-state index < -0.39 is 71.3 Å². The lowest BCUT2D eigenvalue weighted by Gasteiger charge is -2.32. The summed E-state index contributed by atoms with van der Waals surface area (Å²) in [5, 5.41) is 18.6. The number of benzene rings is 2. The highest BCUT2D eigenvalue weighted by Gasteiger charge is 2.43. The molecule has 1 fully saturated rings. The summed E-state index contributed by atoms with van der Waals surface area (Å²) < 4.78 is 5.18. The molecular formula is C31H40ClN5O7. The topological polar surface area (TPSA) is 180 Å². The smallest absolute Gasteiger partial charge is 0.408 e. The number of nitrogens with two attached hydrogens (primary N) is 1. The van der Waals surface area contributed by atoms with Crippen molar-refractivity contribution in [2.75, 3.05) is 6.54 Å². The Morgan fingerprint density at radius 3 is 2.16 bits per heavy atom. The first-order chi connectivity index (χ1) is 20.7. The van der Waals surface area contributed by atoms with Gasteiger partial charge in [-0.1, -0.05) is 60.7 Å². The van der Waals surface area contributed by atoms with Gasteiger partial charge in [0.2, 0.25) is 17.7 Å². The zero-order chi connectivity index (χ0) is 32.4. The Hall–Kier alpha value is -4.16. The minimum atomic E-state index is -1.80. The first kappa shape index (κ1) is 34.3. The molecule has 6 N–H and O–H groups in total. The number of alkyl carbamates (subject to hydrolysis) is 1. The molecule has 0 saturated carbocycles. The van der Waals surface area contributed by atoms with Crippen LogP contribution in [-0.4, -0.2) is 81.4 Å². The van der Waals surface area contributed by atoms with Crippen LogP contribution in [0.5, 0.6) is 0 Å². The second kappa shape index (κ2) is 15.5. The van der Waals surface area contributed by atoms with E-state index in [1.165, 1.54) is 4.90 Å². The summed E-state index contributed by atoms with van der Waals surface area (Å²) in [6, 6.07) is 14.1. The van der Waals surface area contributed by atoms with E-state index in [0.29, 0.717) is 11.1 Å². The third-order valence-corrected chi connectivity index (χ3v) is 7.14. The summed E-state index contributed by atoms with van der Waals surface area (Å²) in [6.07, 6.45) is -3.13. The van der Waals surface area contributed by atoms with E-state index in [-0.39, 0.29) is 26.0 Å². The molecule has 5 atom stereocenters. The number of carbonyl (C=O) groups excluding carboxylic acids is 5. The Labute approximate surface area is 261 Å². The quantitative estimate of drug-likeness (QED) is 0.220. The molecule has 1 saturated heterocycles. The molecule has 44 heavy (non-hydrogen) atoms. The SMILES string of the molecule is CC(C)(C)NC(=O)[C@@H]1CC(Cl)CN1C(=O)[C@@H](O)[C@H](Cc1ccccc1)NC(=O)[C@H](CC(N)=O)NC(=O)OCc1ccccc1. The van der Waals surface area contributed by atoms with Crippen molar-refractivity contribution in [2.45, 2.75) is 81.8 Å². The lowest BCUT2D eigenvalue weighted by molar-refractivity contribution is -0.147. The van der Waals surface area contributed by atoms with Crippen molar-refractivity contribution in [3.05, 3.63) is 71.8 Å². The Morgan fingerprint density at radius 2 is 1.59 bits per heavy atom. The number of rotatable bonds is 12. The van der Waals surface area contributed by atoms with Crippen LogP contribution in [0.1, 0.15) is 44.7 Å². The summed E-state index contributed by atoms with van der Waals surface area (Å²) >= 11 is 6.34. The van der Waals surface area contributed by atoms with Gasteiger partial charge in [-0.15, -0.1) is 11.6 Å². The monoisotopic (exact) mass is 629 g/mol. The molecule has 0 bridgehead atoms. The van der Waals surface area contributed by atoms with Gasteiger partial charge >= 0.3 is 6.09 Å². The number of aliphatic hydroxyl groups excluding tert-OH is 1. The molecule has 0 aromatic heterocycles. The predicted octanol–water partition coefficient (Wildman–Crippen LogP) is 1.37. The van der Waals surface area contributed by atoms with Crippen LogP contribution in [0.2, 0.25) is 0 Å². The van der Waals surface area contributed by atoms with Gasteiger partial charge < -0.3 is 36.4 Å². The fraction of sp³-hybridized carbons (Fsp3) is 0.452. The Balaban J connectivity index is 1.79. The van der Waals surface area contributed by atoms with Crippen molar-refractivity contribution in [3.63, 3.8) is 0 Å². The van der Waals surface area contributed by atoms with E-state index in [1.54, 1.807) is 81.4 Å². The van der Waals surface area contributed by atoms with Crippen LogP contribution in [0.4, 0.5) is 4.79 Å². The van der Waals surface area contributed by atoms with E-state index in [0.717, 1.165) is 0 Å². The second-order valence-corrected chi connectivity index (χ2v) is 12.4. The van der Waals surface area contributed by atoms with Gasteiger partial charge in [0, 0.05) is 12.1 Å². The highest BCUT2D eigenvalue weighted by atomic mass is 35.5. The van der Waals surface area contributed by atoms with Crippen molar-refractivity contribution < 1.29 is 33.8 Å². The van der Waals surface area contributed by atoms with Crippen LogP contribution in [0.15, 0.2) is 60.7 Å². The van der Waals surface area contributed by atoms with Gasteiger partial charge in [0.1, 0.15) is 18.7 Å². The lowest BCUT2D eigenvalue weighted by Crippen LogP contribution is -2.59. The van der Waals surface area contributed by atoms with E-state index in [1.807, 2.05) is 0 Å². The van der Waals surface area contributed by atoms with Crippen molar-refractivity contribution >= 4 is 41.3 Å². The van der Waals surface area contributed by atoms with E-state index in [2.05, 4.69) is 16.0 Å².